The van der Waals surface area contributed by atoms with E-state index >= 15 is 0 Å². The van der Waals surface area contributed by atoms with E-state index in [4.69, 9.17) is 9.47 Å². The third kappa shape index (κ3) is 7.45. The van der Waals surface area contributed by atoms with Crippen LogP contribution < -0.4 is 14.8 Å². The zero-order valence-electron chi connectivity index (χ0n) is 13.7. The topological polar surface area (TPSA) is 93.7 Å². The van der Waals surface area contributed by atoms with E-state index in [1.807, 2.05) is 0 Å². The highest BCUT2D eigenvalue weighted by Gasteiger charge is 2.15. The van der Waals surface area contributed by atoms with Crippen molar-refractivity contribution in [2.75, 3.05) is 26.9 Å². The first kappa shape index (κ1) is 19.4. The van der Waals surface area contributed by atoms with Crippen LogP contribution in [-0.2, 0) is 19.6 Å². The van der Waals surface area contributed by atoms with Crippen molar-refractivity contribution in [1.82, 2.24) is 10.0 Å². The van der Waals surface area contributed by atoms with E-state index < -0.39 is 10.0 Å². The number of ether oxygens (including phenoxy) is 2. The normalized spacial score (nSPS) is 11.5. The number of benzene rings is 1. The lowest BCUT2D eigenvalue weighted by Crippen LogP contribution is -2.30. The van der Waals surface area contributed by atoms with E-state index in [1.165, 1.54) is 24.3 Å². The minimum atomic E-state index is -3.52. The number of rotatable bonds is 10. The second kappa shape index (κ2) is 9.49. The van der Waals surface area contributed by atoms with Gasteiger partial charge < -0.3 is 14.8 Å². The van der Waals surface area contributed by atoms with E-state index in [2.05, 4.69) is 10.0 Å². The Balaban J connectivity index is 2.47. The zero-order valence-corrected chi connectivity index (χ0v) is 14.5. The monoisotopic (exact) mass is 344 g/mol. The molecule has 1 aromatic carbocycles. The maximum atomic E-state index is 12.0. The van der Waals surface area contributed by atoms with Gasteiger partial charge in [-0.1, -0.05) is 0 Å². The summed E-state index contributed by atoms with van der Waals surface area (Å²) in [5.41, 5.74) is 0. The first-order valence-electron chi connectivity index (χ1n) is 7.36. The third-order valence-electron chi connectivity index (χ3n) is 2.74. The summed E-state index contributed by atoms with van der Waals surface area (Å²) in [5, 5.41) is 2.70. The molecule has 0 atom stereocenters. The maximum absolute atomic E-state index is 12.0. The van der Waals surface area contributed by atoms with Gasteiger partial charge >= 0.3 is 0 Å². The van der Waals surface area contributed by atoms with Crippen LogP contribution >= 0.6 is 0 Å². The Bertz CT molecular complexity index is 584. The molecule has 0 saturated heterocycles. The number of amides is 1. The van der Waals surface area contributed by atoms with Gasteiger partial charge in [-0.05, 0) is 44.5 Å². The molecule has 0 aliphatic carbocycles. The Labute approximate surface area is 137 Å². The van der Waals surface area contributed by atoms with Crippen LogP contribution in [-0.4, -0.2) is 47.2 Å². The maximum Gasteiger partial charge on any atom is 0.257 e. The molecule has 0 saturated carbocycles. The molecule has 0 bridgehead atoms. The van der Waals surface area contributed by atoms with Crippen LogP contribution in [0, 0.1) is 0 Å². The summed E-state index contributed by atoms with van der Waals surface area (Å²) in [6.45, 7) is 4.49. The second-order valence-corrected chi connectivity index (χ2v) is 6.95. The number of methoxy groups -OCH3 is 1. The Kier molecular flexibility index (Phi) is 8.01. The third-order valence-corrected chi connectivity index (χ3v) is 4.42. The highest BCUT2D eigenvalue weighted by Crippen LogP contribution is 2.16. The van der Waals surface area contributed by atoms with Crippen LogP contribution in [0.4, 0.5) is 0 Å². The Morgan fingerprint density at radius 3 is 2.43 bits per heavy atom. The van der Waals surface area contributed by atoms with Crippen LogP contribution in [0.1, 0.15) is 20.3 Å². The van der Waals surface area contributed by atoms with Crippen molar-refractivity contribution in [3.63, 3.8) is 0 Å². The Morgan fingerprint density at radius 1 is 1.22 bits per heavy atom. The molecule has 0 aromatic heterocycles. The number of sulfonamides is 1. The average Bonchev–Trinajstić information content (AvgIpc) is 2.49. The Hall–Kier alpha value is -1.64. The van der Waals surface area contributed by atoms with Gasteiger partial charge in [0, 0.05) is 26.3 Å². The first-order valence-corrected chi connectivity index (χ1v) is 8.84. The molecule has 0 radical (unpaired) electrons. The number of carbonyl (C=O) groups is 1. The van der Waals surface area contributed by atoms with Crippen molar-refractivity contribution in [1.29, 1.82) is 0 Å². The van der Waals surface area contributed by atoms with E-state index in [9.17, 15) is 13.2 Å². The number of hydrogen-bond donors (Lipinski definition) is 2. The van der Waals surface area contributed by atoms with Gasteiger partial charge in [0.25, 0.3) is 5.91 Å². The smallest absolute Gasteiger partial charge is 0.257 e. The molecular weight excluding hydrogens is 320 g/mol. The molecule has 130 valence electrons. The van der Waals surface area contributed by atoms with Crippen molar-refractivity contribution < 1.29 is 22.7 Å². The molecule has 8 heteroatoms. The van der Waals surface area contributed by atoms with Gasteiger partial charge in [0.2, 0.25) is 10.0 Å². The molecule has 1 amide bonds. The summed E-state index contributed by atoms with van der Waals surface area (Å²) in [6, 6.07) is 5.74. The molecular formula is C15H24N2O5S. The zero-order chi connectivity index (χ0) is 17.3. The van der Waals surface area contributed by atoms with Crippen molar-refractivity contribution in [3.8, 4) is 5.75 Å². The summed E-state index contributed by atoms with van der Waals surface area (Å²) in [6.07, 6.45) is 0.734. The number of hydrogen-bond acceptors (Lipinski definition) is 5. The van der Waals surface area contributed by atoms with Crippen LogP contribution in [0.3, 0.4) is 0 Å². The standard InChI is InChI=1S/C15H24N2O5S/c1-12(2)17-23(19,20)14-7-5-13(6-8-14)22-11-15(18)16-9-4-10-21-3/h5-8,12,17H,4,9-11H2,1-3H3,(H,16,18). The van der Waals surface area contributed by atoms with Crippen LogP contribution in [0.25, 0.3) is 0 Å². The molecule has 0 aliphatic heterocycles. The van der Waals surface area contributed by atoms with Crippen molar-refractivity contribution >= 4 is 15.9 Å². The minimum Gasteiger partial charge on any atom is -0.484 e. The molecule has 0 fully saturated rings. The van der Waals surface area contributed by atoms with Gasteiger partial charge in [-0.25, -0.2) is 13.1 Å². The van der Waals surface area contributed by atoms with Crippen molar-refractivity contribution in [3.05, 3.63) is 24.3 Å². The summed E-state index contributed by atoms with van der Waals surface area (Å²) in [4.78, 5) is 11.7. The fourth-order valence-electron chi connectivity index (χ4n) is 1.74. The van der Waals surface area contributed by atoms with E-state index in [0.29, 0.717) is 18.9 Å². The minimum absolute atomic E-state index is 0.122. The summed E-state index contributed by atoms with van der Waals surface area (Å²) < 4.78 is 36.6. The lowest BCUT2D eigenvalue weighted by molar-refractivity contribution is -0.123. The number of carbonyl (C=O) groups excluding carboxylic acids is 1. The molecule has 2 N–H and O–H groups in total. The molecule has 7 nitrogen and oxygen atoms in total. The highest BCUT2D eigenvalue weighted by molar-refractivity contribution is 7.89. The molecule has 0 aliphatic rings. The Morgan fingerprint density at radius 2 is 1.87 bits per heavy atom. The molecule has 23 heavy (non-hydrogen) atoms. The predicted octanol–water partition coefficient (Wildman–Crippen LogP) is 0.905. The lowest BCUT2D eigenvalue weighted by Gasteiger charge is -2.11. The van der Waals surface area contributed by atoms with Gasteiger partial charge in [0.1, 0.15) is 5.75 Å². The fourth-order valence-corrected chi connectivity index (χ4v) is 2.99. The molecule has 0 spiro atoms. The van der Waals surface area contributed by atoms with Crippen LogP contribution in [0.2, 0.25) is 0 Å². The predicted molar refractivity (Wildman–Crippen MR) is 86.9 cm³/mol. The van der Waals surface area contributed by atoms with E-state index in [0.717, 1.165) is 6.42 Å². The van der Waals surface area contributed by atoms with Gasteiger partial charge in [0.05, 0.1) is 4.90 Å². The summed E-state index contributed by atoms with van der Waals surface area (Å²) >= 11 is 0. The first-order chi connectivity index (χ1) is 10.8. The number of nitrogens with one attached hydrogen (secondary N) is 2. The largest absolute Gasteiger partial charge is 0.484 e. The SMILES string of the molecule is COCCCNC(=O)COc1ccc(S(=O)(=O)NC(C)C)cc1. The van der Waals surface area contributed by atoms with Gasteiger partial charge in [-0.2, -0.15) is 0 Å². The van der Waals surface area contributed by atoms with E-state index in [-0.39, 0.29) is 23.5 Å². The average molecular weight is 344 g/mol. The summed E-state index contributed by atoms with van der Waals surface area (Å²) in [5.74, 6) is 0.194. The molecule has 1 rings (SSSR count). The molecule has 1 aromatic rings. The van der Waals surface area contributed by atoms with Crippen LogP contribution in [0.5, 0.6) is 5.75 Å². The van der Waals surface area contributed by atoms with Crippen molar-refractivity contribution in [2.45, 2.75) is 31.2 Å². The van der Waals surface area contributed by atoms with Gasteiger partial charge in [-0.15, -0.1) is 0 Å². The summed E-state index contributed by atoms with van der Waals surface area (Å²) in [7, 11) is -1.92. The molecule has 0 heterocycles. The molecule has 0 unspecified atom stereocenters. The van der Waals surface area contributed by atoms with Crippen LogP contribution in [0.15, 0.2) is 29.2 Å². The quantitative estimate of drug-likeness (QED) is 0.615. The fraction of sp³-hybridized carbons (Fsp3) is 0.533. The lowest BCUT2D eigenvalue weighted by atomic mass is 10.3. The second-order valence-electron chi connectivity index (χ2n) is 5.23. The van der Waals surface area contributed by atoms with Gasteiger partial charge in [-0.3, -0.25) is 4.79 Å². The highest BCUT2D eigenvalue weighted by atomic mass is 32.2. The van der Waals surface area contributed by atoms with E-state index in [1.54, 1.807) is 21.0 Å². The van der Waals surface area contributed by atoms with Gasteiger partial charge in [0.15, 0.2) is 6.61 Å². The van der Waals surface area contributed by atoms with Crippen molar-refractivity contribution in [2.24, 2.45) is 0 Å².